The molecule has 7 heteroatoms. The normalized spacial score (nSPS) is 23.9. The molecule has 3 atom stereocenters. The van der Waals surface area contributed by atoms with E-state index in [9.17, 15) is 9.59 Å². The number of ether oxygens (including phenoxy) is 2. The minimum atomic E-state index is -0.174. The highest BCUT2D eigenvalue weighted by molar-refractivity contribution is 5.81. The summed E-state index contributed by atoms with van der Waals surface area (Å²) in [7, 11) is 1.65. The summed E-state index contributed by atoms with van der Waals surface area (Å²) in [5.41, 5.74) is 1.14. The fourth-order valence-electron chi connectivity index (χ4n) is 4.55. The minimum Gasteiger partial charge on any atom is -0.497 e. The molecule has 31 heavy (non-hydrogen) atoms. The maximum absolute atomic E-state index is 13.1. The lowest BCUT2D eigenvalue weighted by atomic mass is 10.1. The van der Waals surface area contributed by atoms with Crippen molar-refractivity contribution in [2.75, 3.05) is 46.4 Å². The first kappa shape index (κ1) is 23.5. The van der Waals surface area contributed by atoms with Gasteiger partial charge in [-0.15, -0.1) is 0 Å². The van der Waals surface area contributed by atoms with Crippen LogP contribution >= 0.6 is 0 Å². The summed E-state index contributed by atoms with van der Waals surface area (Å²) in [4.78, 5) is 32.0. The summed E-state index contributed by atoms with van der Waals surface area (Å²) in [6.07, 6.45) is 2.27. The summed E-state index contributed by atoms with van der Waals surface area (Å²) in [5, 5.41) is 0. The molecule has 0 spiro atoms. The Balaban J connectivity index is 1.48. The van der Waals surface area contributed by atoms with Gasteiger partial charge in [0.1, 0.15) is 5.75 Å². The first-order chi connectivity index (χ1) is 14.9. The molecule has 2 heterocycles. The predicted octanol–water partition coefficient (Wildman–Crippen LogP) is 2.19. The van der Waals surface area contributed by atoms with Gasteiger partial charge in [-0.25, -0.2) is 0 Å². The van der Waals surface area contributed by atoms with Crippen LogP contribution < -0.4 is 4.74 Å². The van der Waals surface area contributed by atoms with Gasteiger partial charge >= 0.3 is 0 Å². The molecule has 1 aromatic carbocycles. The zero-order valence-electron chi connectivity index (χ0n) is 19.4. The summed E-state index contributed by atoms with van der Waals surface area (Å²) in [6.45, 7) is 10.3. The SMILES string of the molecule is COc1ccc(CCC(=O)N2CCCN(C(C)C(=O)N3CC(C)OC(C)C3)CC2)cc1. The second kappa shape index (κ2) is 11.0. The van der Waals surface area contributed by atoms with Gasteiger partial charge in [-0.2, -0.15) is 0 Å². The van der Waals surface area contributed by atoms with Gasteiger partial charge in [0.25, 0.3) is 0 Å². The average molecular weight is 432 g/mol. The van der Waals surface area contributed by atoms with Gasteiger partial charge in [0.2, 0.25) is 11.8 Å². The Morgan fingerprint density at radius 2 is 1.71 bits per heavy atom. The van der Waals surface area contributed by atoms with Crippen LogP contribution in [0.15, 0.2) is 24.3 Å². The van der Waals surface area contributed by atoms with Crippen LogP contribution in [0.4, 0.5) is 0 Å². The minimum absolute atomic E-state index is 0.0721. The van der Waals surface area contributed by atoms with E-state index in [1.165, 1.54) is 0 Å². The number of rotatable bonds is 6. The maximum atomic E-state index is 13.1. The van der Waals surface area contributed by atoms with Gasteiger partial charge in [0, 0.05) is 45.7 Å². The number of aryl methyl sites for hydroxylation is 1. The number of carbonyl (C=O) groups is 2. The quantitative estimate of drug-likeness (QED) is 0.691. The Kier molecular flexibility index (Phi) is 8.32. The molecule has 1 aromatic rings. The van der Waals surface area contributed by atoms with E-state index in [1.807, 2.05) is 54.8 Å². The van der Waals surface area contributed by atoms with Gasteiger partial charge in [-0.3, -0.25) is 14.5 Å². The standard InChI is InChI=1S/C24H37N3O4/c1-18-16-27(17-19(2)31-18)24(29)20(3)25-12-5-13-26(15-14-25)23(28)11-8-21-6-9-22(30-4)10-7-21/h6-7,9-10,18-20H,5,8,11-17H2,1-4H3. The van der Waals surface area contributed by atoms with Crippen molar-refractivity contribution < 1.29 is 19.1 Å². The number of amides is 2. The number of benzene rings is 1. The van der Waals surface area contributed by atoms with Crippen LogP contribution in [0.5, 0.6) is 5.75 Å². The first-order valence-corrected chi connectivity index (χ1v) is 11.5. The van der Waals surface area contributed by atoms with Crippen molar-refractivity contribution in [2.24, 2.45) is 0 Å². The Morgan fingerprint density at radius 3 is 2.35 bits per heavy atom. The zero-order chi connectivity index (χ0) is 22.4. The lowest BCUT2D eigenvalue weighted by molar-refractivity contribution is -0.148. The number of methoxy groups -OCH3 is 1. The van der Waals surface area contributed by atoms with Crippen LogP contribution in [0.1, 0.15) is 39.2 Å². The average Bonchev–Trinajstić information content (AvgIpc) is 3.02. The monoisotopic (exact) mass is 431 g/mol. The molecule has 2 amide bonds. The fourth-order valence-corrected chi connectivity index (χ4v) is 4.55. The van der Waals surface area contributed by atoms with E-state index in [2.05, 4.69) is 4.90 Å². The molecule has 2 aliphatic rings. The van der Waals surface area contributed by atoms with Gasteiger partial charge < -0.3 is 19.3 Å². The highest BCUT2D eigenvalue weighted by Crippen LogP contribution is 2.17. The topological polar surface area (TPSA) is 62.3 Å². The van der Waals surface area contributed by atoms with Crippen molar-refractivity contribution in [2.45, 2.75) is 58.3 Å². The fraction of sp³-hybridized carbons (Fsp3) is 0.667. The molecule has 0 aliphatic carbocycles. The second-order valence-corrected chi connectivity index (χ2v) is 8.79. The van der Waals surface area contributed by atoms with E-state index in [1.54, 1.807) is 7.11 Å². The highest BCUT2D eigenvalue weighted by atomic mass is 16.5. The summed E-state index contributed by atoms with van der Waals surface area (Å²) in [5.74, 6) is 1.18. The zero-order valence-corrected chi connectivity index (χ0v) is 19.4. The molecule has 3 rings (SSSR count). The van der Waals surface area contributed by atoms with Crippen LogP contribution in [0.3, 0.4) is 0 Å². The third-order valence-corrected chi connectivity index (χ3v) is 6.31. The lowest BCUT2D eigenvalue weighted by Gasteiger charge is -2.38. The Bertz CT molecular complexity index is 729. The van der Waals surface area contributed by atoms with E-state index in [0.29, 0.717) is 26.1 Å². The molecular formula is C24H37N3O4. The number of hydrogen-bond donors (Lipinski definition) is 0. The van der Waals surface area contributed by atoms with E-state index in [0.717, 1.165) is 43.8 Å². The van der Waals surface area contributed by atoms with E-state index in [-0.39, 0.29) is 30.1 Å². The molecule has 2 fully saturated rings. The molecule has 2 saturated heterocycles. The number of carbonyl (C=O) groups excluding carboxylic acids is 2. The molecule has 0 saturated carbocycles. The molecule has 0 bridgehead atoms. The van der Waals surface area contributed by atoms with Crippen LogP contribution in [0.25, 0.3) is 0 Å². The summed E-state index contributed by atoms with van der Waals surface area (Å²) in [6, 6.07) is 7.70. The Morgan fingerprint density at radius 1 is 1.03 bits per heavy atom. The lowest BCUT2D eigenvalue weighted by Crippen LogP contribution is -2.54. The smallest absolute Gasteiger partial charge is 0.239 e. The van der Waals surface area contributed by atoms with Crippen molar-refractivity contribution in [3.05, 3.63) is 29.8 Å². The molecule has 0 N–H and O–H groups in total. The summed E-state index contributed by atoms with van der Waals surface area (Å²) < 4.78 is 10.9. The van der Waals surface area contributed by atoms with Crippen molar-refractivity contribution in [1.29, 1.82) is 0 Å². The van der Waals surface area contributed by atoms with Gasteiger partial charge in [0.05, 0.1) is 25.4 Å². The van der Waals surface area contributed by atoms with Gasteiger partial charge in [-0.1, -0.05) is 12.1 Å². The Hall–Kier alpha value is -2.12. The summed E-state index contributed by atoms with van der Waals surface area (Å²) >= 11 is 0. The van der Waals surface area contributed by atoms with Crippen LogP contribution in [-0.2, 0) is 20.7 Å². The van der Waals surface area contributed by atoms with Gasteiger partial charge in [-0.05, 0) is 51.3 Å². The second-order valence-electron chi connectivity index (χ2n) is 8.79. The molecule has 7 nitrogen and oxygen atoms in total. The molecule has 172 valence electrons. The number of hydrogen-bond acceptors (Lipinski definition) is 5. The molecule has 0 radical (unpaired) electrons. The number of morpholine rings is 1. The first-order valence-electron chi connectivity index (χ1n) is 11.5. The molecular weight excluding hydrogens is 394 g/mol. The van der Waals surface area contributed by atoms with E-state index in [4.69, 9.17) is 9.47 Å². The van der Waals surface area contributed by atoms with Crippen LogP contribution in [0, 0.1) is 0 Å². The molecule has 2 aliphatic heterocycles. The van der Waals surface area contributed by atoms with Crippen LogP contribution in [0.2, 0.25) is 0 Å². The third-order valence-electron chi connectivity index (χ3n) is 6.31. The molecule has 3 unspecified atom stereocenters. The van der Waals surface area contributed by atoms with Crippen molar-refractivity contribution in [3.63, 3.8) is 0 Å². The predicted molar refractivity (Wildman–Crippen MR) is 120 cm³/mol. The van der Waals surface area contributed by atoms with E-state index < -0.39 is 0 Å². The van der Waals surface area contributed by atoms with Crippen molar-refractivity contribution in [1.82, 2.24) is 14.7 Å². The third kappa shape index (κ3) is 6.43. The maximum Gasteiger partial charge on any atom is 0.239 e. The van der Waals surface area contributed by atoms with Crippen molar-refractivity contribution in [3.8, 4) is 5.75 Å². The highest BCUT2D eigenvalue weighted by Gasteiger charge is 2.32. The van der Waals surface area contributed by atoms with Crippen molar-refractivity contribution >= 4 is 11.8 Å². The molecule has 0 aromatic heterocycles. The van der Waals surface area contributed by atoms with E-state index >= 15 is 0 Å². The Labute approximate surface area is 186 Å². The number of nitrogens with zero attached hydrogens (tertiary/aromatic N) is 3. The largest absolute Gasteiger partial charge is 0.497 e. The van der Waals surface area contributed by atoms with Gasteiger partial charge in [0.15, 0.2) is 0 Å². The van der Waals surface area contributed by atoms with Crippen LogP contribution in [-0.4, -0.2) is 91.1 Å².